The molecule has 0 saturated carbocycles. The van der Waals surface area contributed by atoms with Gasteiger partial charge in [0, 0.05) is 0 Å². The van der Waals surface area contributed by atoms with Crippen molar-refractivity contribution in [1.82, 2.24) is 0 Å². The molecule has 22 heavy (non-hydrogen) atoms. The summed E-state index contributed by atoms with van der Waals surface area (Å²) < 4.78 is -8.85. The molecule has 0 aromatic heterocycles. The molecule has 0 radical (unpaired) electrons. The molecule has 0 bridgehead atoms. The normalized spacial score (nSPS) is 15.3. The molecule has 0 N–H and O–H groups in total. The van der Waals surface area contributed by atoms with Gasteiger partial charge in [-0.05, 0) is 6.42 Å². The first kappa shape index (κ1) is 25.2. The van der Waals surface area contributed by atoms with Gasteiger partial charge in [-0.15, -0.1) is 11.6 Å². The first-order valence-corrected chi connectivity index (χ1v) is 10.3. The molecule has 0 aromatic carbocycles. The molecular weight excluding hydrogens is 522 g/mol. The van der Waals surface area contributed by atoms with Gasteiger partial charge in [0.15, 0.2) is 13.5 Å². The van der Waals surface area contributed by atoms with E-state index in [9.17, 15) is 0 Å². The second-order valence-electron chi connectivity index (χ2n) is 4.74. The molecule has 0 unspecified atom stereocenters. The van der Waals surface area contributed by atoms with Crippen LogP contribution in [0.25, 0.3) is 0 Å². The van der Waals surface area contributed by atoms with E-state index in [-0.39, 0.29) is 6.42 Å². The molecule has 0 heterocycles. The van der Waals surface area contributed by atoms with E-state index < -0.39 is 21.1 Å². The second kappa shape index (κ2) is 8.92. The molecule has 0 aliphatic carbocycles. The minimum absolute atomic E-state index is 0.166. The van der Waals surface area contributed by atoms with E-state index in [1.165, 1.54) is 0 Å². The van der Waals surface area contributed by atoms with Crippen LogP contribution in [0, 0.1) is 0 Å². The summed E-state index contributed by atoms with van der Waals surface area (Å²) in [4.78, 5) is -2.42. The predicted octanol–water partition coefficient (Wildman–Crippen LogP) is 9.02. The molecule has 134 valence electrons. The van der Waals surface area contributed by atoms with Crippen LogP contribution in [0.2, 0.25) is 0 Å². The zero-order valence-electron chi connectivity index (χ0n) is 11.2. The highest BCUT2D eigenvalue weighted by Gasteiger charge is 2.75. The molecule has 0 aromatic rings. The predicted molar refractivity (Wildman–Crippen MR) is 107 cm³/mol. The van der Waals surface area contributed by atoms with Gasteiger partial charge in [-0.25, -0.2) is 0 Å². The number of alkyl halides is 11. The van der Waals surface area contributed by atoms with Crippen LogP contribution in [-0.2, 0) is 0 Å². The maximum Gasteiger partial charge on any atom is 0.216 e. The minimum atomic E-state index is -2.42. The monoisotopic (exact) mass is 530 g/mol. The Labute approximate surface area is 186 Å². The maximum atomic E-state index is 6.28. The van der Waals surface area contributed by atoms with Crippen LogP contribution in [0.4, 0.5) is 0 Å². The van der Waals surface area contributed by atoms with Gasteiger partial charge in [-0.3, -0.25) is 0 Å². The number of hydrogen-bond acceptors (Lipinski definition) is 0. The number of halogens is 11. The van der Waals surface area contributed by atoms with Gasteiger partial charge in [-0.2, -0.15) is 0 Å². The maximum absolute atomic E-state index is 6.28. The van der Waals surface area contributed by atoms with E-state index >= 15 is 0 Å². The van der Waals surface area contributed by atoms with Crippen LogP contribution < -0.4 is 0 Å². The first-order chi connectivity index (χ1) is 9.56. The van der Waals surface area contributed by atoms with Crippen molar-refractivity contribution in [2.45, 2.75) is 60.2 Å². The zero-order valence-corrected chi connectivity index (χ0v) is 19.5. The summed E-state index contributed by atoms with van der Waals surface area (Å²) in [5.41, 5.74) is 0. The Kier molecular flexibility index (Phi) is 10.2. The third kappa shape index (κ3) is 5.35. The van der Waals surface area contributed by atoms with Crippen LogP contribution in [0.15, 0.2) is 0 Å². The average molecular weight is 535 g/mol. The van der Waals surface area contributed by atoms with Crippen LogP contribution in [-0.4, -0.2) is 21.1 Å². The molecule has 11 heteroatoms. The molecule has 0 saturated heterocycles. The van der Waals surface area contributed by atoms with Gasteiger partial charge < -0.3 is 0 Å². The number of hydrogen-bond donors (Lipinski definition) is 0. The fraction of sp³-hybridized carbons (Fsp3) is 1.00. The molecule has 0 aliphatic heterocycles. The topological polar surface area (TPSA) is 0 Å². The molecule has 0 atom stereocenters. The van der Waals surface area contributed by atoms with Gasteiger partial charge in [0.1, 0.15) is 0 Å². The molecular formula is C11H13Cl11. The van der Waals surface area contributed by atoms with Crippen molar-refractivity contribution in [3.05, 3.63) is 0 Å². The quantitative estimate of drug-likeness (QED) is 0.226. The van der Waals surface area contributed by atoms with Crippen LogP contribution in [0.3, 0.4) is 0 Å². The van der Waals surface area contributed by atoms with Crippen LogP contribution >= 0.6 is 128 Å². The highest BCUT2D eigenvalue weighted by atomic mass is 35.6. The van der Waals surface area contributed by atoms with Gasteiger partial charge in [-0.1, -0.05) is 149 Å². The lowest BCUT2D eigenvalue weighted by Crippen LogP contribution is -2.65. The van der Waals surface area contributed by atoms with Crippen molar-refractivity contribution >= 4 is 128 Å². The van der Waals surface area contributed by atoms with Crippen LogP contribution in [0.5, 0.6) is 0 Å². The fourth-order valence-electron chi connectivity index (χ4n) is 1.70. The average Bonchev–Trinajstić information content (AvgIpc) is 2.30. The first-order valence-electron chi connectivity index (χ1n) is 6.14. The van der Waals surface area contributed by atoms with Crippen molar-refractivity contribution in [2.24, 2.45) is 0 Å². The lowest BCUT2D eigenvalue weighted by molar-refractivity contribution is 0.444. The van der Waals surface area contributed by atoms with Crippen molar-refractivity contribution in [3.63, 3.8) is 0 Å². The van der Waals surface area contributed by atoms with Crippen molar-refractivity contribution in [3.8, 4) is 0 Å². The number of rotatable bonds is 7. The van der Waals surface area contributed by atoms with Crippen molar-refractivity contribution in [1.29, 1.82) is 0 Å². The van der Waals surface area contributed by atoms with Gasteiger partial charge in [0.25, 0.3) is 0 Å². The lowest BCUT2D eigenvalue weighted by atomic mass is 9.99. The smallest absolute Gasteiger partial charge is 0.106 e. The Morgan fingerprint density at radius 2 is 1.00 bits per heavy atom. The lowest BCUT2D eigenvalue weighted by Gasteiger charge is -2.50. The zero-order chi connectivity index (χ0) is 18.0. The Morgan fingerprint density at radius 3 is 1.32 bits per heavy atom. The van der Waals surface area contributed by atoms with Gasteiger partial charge >= 0.3 is 0 Å². The second-order valence-corrected chi connectivity index (χ2v) is 12.7. The molecule has 0 aliphatic rings. The SMILES string of the molecule is CCCCCCC(Cl)(Cl)C(Cl)(Cl)C(Cl)(C(Cl)(Cl)Cl)C(Cl)(Cl)Cl. The van der Waals surface area contributed by atoms with Crippen molar-refractivity contribution in [2.75, 3.05) is 0 Å². The van der Waals surface area contributed by atoms with E-state index in [0.717, 1.165) is 19.3 Å². The van der Waals surface area contributed by atoms with Crippen molar-refractivity contribution < 1.29 is 0 Å². The minimum Gasteiger partial charge on any atom is -0.106 e. The van der Waals surface area contributed by atoms with E-state index in [0.29, 0.717) is 6.42 Å². The van der Waals surface area contributed by atoms with Crippen LogP contribution in [0.1, 0.15) is 39.0 Å². The van der Waals surface area contributed by atoms with Gasteiger partial charge in [0.05, 0.1) is 0 Å². The highest BCUT2D eigenvalue weighted by molar-refractivity contribution is 6.81. The van der Waals surface area contributed by atoms with E-state index in [2.05, 4.69) is 6.92 Å². The number of unbranched alkanes of at least 4 members (excludes halogenated alkanes) is 3. The largest absolute Gasteiger partial charge is 0.216 e. The third-order valence-corrected chi connectivity index (χ3v) is 8.89. The van der Waals surface area contributed by atoms with E-state index in [4.69, 9.17) is 128 Å². The van der Waals surface area contributed by atoms with Gasteiger partial charge in [0.2, 0.25) is 7.59 Å². The molecule has 0 nitrogen and oxygen atoms in total. The molecule has 0 spiro atoms. The standard InChI is InChI=1S/C11H13Cl11/c1-2-3-4-5-6-7(12,13)9(15,16)8(14,10(17,18)19)11(20,21)22/h2-6H2,1H3. The third-order valence-electron chi connectivity index (χ3n) is 3.02. The summed E-state index contributed by atoms with van der Waals surface area (Å²) in [5.74, 6) is 0. The Balaban J connectivity index is 5.62. The summed E-state index contributed by atoms with van der Waals surface area (Å²) in [6.45, 7) is 2.05. The Bertz CT molecular complexity index is 338. The van der Waals surface area contributed by atoms with E-state index in [1.807, 2.05) is 0 Å². The highest BCUT2D eigenvalue weighted by Crippen LogP contribution is 2.68. The Hall–Kier alpha value is 3.19. The Morgan fingerprint density at radius 1 is 0.591 bits per heavy atom. The molecule has 0 rings (SSSR count). The van der Waals surface area contributed by atoms with E-state index in [1.54, 1.807) is 0 Å². The summed E-state index contributed by atoms with van der Waals surface area (Å²) >= 11 is 66.5. The molecule has 0 amide bonds. The summed E-state index contributed by atoms with van der Waals surface area (Å²) in [7, 11) is 0. The summed E-state index contributed by atoms with van der Waals surface area (Å²) in [5, 5.41) is 0. The fourth-order valence-corrected chi connectivity index (χ4v) is 5.98. The summed E-state index contributed by atoms with van der Waals surface area (Å²) in [6.07, 6.45) is 3.65. The summed E-state index contributed by atoms with van der Waals surface area (Å²) in [6, 6.07) is 0. The molecule has 0 fully saturated rings.